The maximum Gasteiger partial charge on any atom is 0.319 e. The maximum absolute atomic E-state index is 11.8. The van der Waals surface area contributed by atoms with Gasteiger partial charge in [-0.15, -0.1) is 11.8 Å². The van der Waals surface area contributed by atoms with Gasteiger partial charge in [0.25, 0.3) is 0 Å². The van der Waals surface area contributed by atoms with E-state index in [1.165, 1.54) is 0 Å². The van der Waals surface area contributed by atoms with E-state index in [1.54, 1.807) is 16.7 Å². The van der Waals surface area contributed by atoms with E-state index >= 15 is 0 Å². The summed E-state index contributed by atoms with van der Waals surface area (Å²) in [4.78, 5) is 26.4. The van der Waals surface area contributed by atoms with Crippen LogP contribution in [0.25, 0.3) is 0 Å². The van der Waals surface area contributed by atoms with Crippen LogP contribution in [0.1, 0.15) is 12.8 Å². The van der Waals surface area contributed by atoms with Crippen LogP contribution in [-0.4, -0.2) is 42.7 Å². The monoisotopic (exact) mass is 293 g/mol. The molecule has 0 spiro atoms. The third-order valence-electron chi connectivity index (χ3n) is 3.19. The molecule has 0 aliphatic carbocycles. The van der Waals surface area contributed by atoms with Crippen LogP contribution in [0.2, 0.25) is 0 Å². The van der Waals surface area contributed by atoms with Gasteiger partial charge < -0.3 is 15.5 Å². The Morgan fingerprint density at radius 2 is 2.05 bits per heavy atom. The highest BCUT2D eigenvalue weighted by atomic mass is 32.2. The summed E-state index contributed by atoms with van der Waals surface area (Å²) in [5, 5.41) is 5.33. The van der Waals surface area contributed by atoms with E-state index in [9.17, 15) is 9.59 Å². The summed E-state index contributed by atoms with van der Waals surface area (Å²) < 4.78 is 0. The van der Waals surface area contributed by atoms with Gasteiger partial charge in [-0.2, -0.15) is 0 Å². The molecule has 1 aromatic carbocycles. The van der Waals surface area contributed by atoms with Crippen molar-refractivity contribution in [1.82, 2.24) is 10.2 Å². The lowest BCUT2D eigenvalue weighted by molar-refractivity contribution is -0.128. The number of carbonyl (C=O) groups excluding carboxylic acids is 2. The minimum atomic E-state index is -0.351. The summed E-state index contributed by atoms with van der Waals surface area (Å²) in [7, 11) is 0. The first kappa shape index (κ1) is 14.7. The smallest absolute Gasteiger partial charge is 0.319 e. The lowest BCUT2D eigenvalue weighted by Gasteiger charge is -2.15. The number of likely N-dealkylation sites (tertiary alicyclic amines) is 1. The molecule has 0 bridgehead atoms. The molecule has 1 aliphatic rings. The van der Waals surface area contributed by atoms with Gasteiger partial charge in [-0.25, -0.2) is 4.79 Å². The second kappa shape index (κ2) is 7.19. The van der Waals surface area contributed by atoms with Crippen LogP contribution in [0.3, 0.4) is 0 Å². The molecule has 3 amide bonds. The number of nitrogens with one attached hydrogen (secondary N) is 2. The molecule has 2 rings (SSSR count). The van der Waals surface area contributed by atoms with Crippen molar-refractivity contribution < 1.29 is 9.59 Å². The Morgan fingerprint density at radius 3 is 2.75 bits per heavy atom. The average Bonchev–Trinajstić information content (AvgIpc) is 2.99. The molecule has 20 heavy (non-hydrogen) atoms. The summed E-state index contributed by atoms with van der Waals surface area (Å²) >= 11 is 1.61. The molecule has 0 radical (unpaired) electrons. The fourth-order valence-electron chi connectivity index (χ4n) is 2.11. The number of thioether (sulfide) groups is 1. The predicted molar refractivity (Wildman–Crippen MR) is 81.1 cm³/mol. The summed E-state index contributed by atoms with van der Waals surface area (Å²) in [6.07, 6.45) is 4.09. The van der Waals surface area contributed by atoms with Gasteiger partial charge in [-0.05, 0) is 37.3 Å². The number of hydrogen-bond acceptors (Lipinski definition) is 3. The minimum Gasteiger partial charge on any atom is -0.341 e. The van der Waals surface area contributed by atoms with Gasteiger partial charge in [0.15, 0.2) is 0 Å². The Labute approximate surface area is 123 Å². The quantitative estimate of drug-likeness (QED) is 0.836. The average molecular weight is 293 g/mol. The van der Waals surface area contributed by atoms with Crippen molar-refractivity contribution in [3.05, 3.63) is 24.3 Å². The molecule has 0 atom stereocenters. The van der Waals surface area contributed by atoms with E-state index in [4.69, 9.17) is 0 Å². The summed E-state index contributed by atoms with van der Waals surface area (Å²) in [6.45, 7) is 1.66. The molecule has 1 aliphatic heterocycles. The van der Waals surface area contributed by atoms with Crippen LogP contribution >= 0.6 is 11.8 Å². The zero-order valence-electron chi connectivity index (χ0n) is 11.5. The highest BCUT2D eigenvalue weighted by Gasteiger charge is 2.17. The van der Waals surface area contributed by atoms with Crippen molar-refractivity contribution in [2.75, 3.05) is 31.2 Å². The number of benzene rings is 1. The standard InChI is InChI=1S/C14H19N3O2S/c1-20-12-6-4-5-11(9-12)16-14(19)15-10-13(18)17-7-2-3-8-17/h4-6,9H,2-3,7-8,10H2,1H3,(H2,15,16,19). The number of hydrogen-bond donors (Lipinski definition) is 2. The van der Waals surface area contributed by atoms with Crippen LogP contribution < -0.4 is 10.6 Å². The van der Waals surface area contributed by atoms with E-state index in [0.717, 1.165) is 36.5 Å². The van der Waals surface area contributed by atoms with Gasteiger partial charge in [-0.3, -0.25) is 4.79 Å². The molecule has 0 unspecified atom stereocenters. The Bertz CT molecular complexity index is 487. The van der Waals surface area contributed by atoms with Gasteiger partial charge in [0, 0.05) is 23.7 Å². The molecule has 1 saturated heterocycles. The van der Waals surface area contributed by atoms with Crippen LogP contribution in [-0.2, 0) is 4.79 Å². The van der Waals surface area contributed by atoms with Crippen LogP contribution in [0.5, 0.6) is 0 Å². The SMILES string of the molecule is CSc1cccc(NC(=O)NCC(=O)N2CCCC2)c1. The minimum absolute atomic E-state index is 0.0180. The maximum atomic E-state index is 11.8. The number of amides is 3. The molecule has 108 valence electrons. The van der Waals surface area contributed by atoms with Gasteiger partial charge in [-0.1, -0.05) is 6.07 Å². The Morgan fingerprint density at radius 1 is 1.30 bits per heavy atom. The van der Waals surface area contributed by atoms with Gasteiger partial charge in [0.2, 0.25) is 5.91 Å². The first-order valence-corrected chi connectivity index (χ1v) is 7.88. The van der Waals surface area contributed by atoms with Crippen molar-refractivity contribution in [2.24, 2.45) is 0 Å². The van der Waals surface area contributed by atoms with Crippen molar-refractivity contribution in [3.63, 3.8) is 0 Å². The molecule has 5 nitrogen and oxygen atoms in total. The highest BCUT2D eigenvalue weighted by Crippen LogP contribution is 2.18. The Kier molecular flexibility index (Phi) is 5.29. The van der Waals surface area contributed by atoms with E-state index in [-0.39, 0.29) is 18.5 Å². The molecule has 6 heteroatoms. The zero-order valence-corrected chi connectivity index (χ0v) is 12.3. The number of nitrogens with zero attached hydrogens (tertiary/aromatic N) is 1. The topological polar surface area (TPSA) is 61.4 Å². The van der Waals surface area contributed by atoms with Gasteiger partial charge >= 0.3 is 6.03 Å². The third kappa shape index (κ3) is 4.16. The second-order valence-electron chi connectivity index (χ2n) is 4.63. The van der Waals surface area contributed by atoms with Crippen molar-refractivity contribution >= 4 is 29.4 Å². The molecule has 2 N–H and O–H groups in total. The van der Waals surface area contributed by atoms with E-state index < -0.39 is 0 Å². The number of anilines is 1. The summed E-state index contributed by atoms with van der Waals surface area (Å²) in [6, 6.07) is 7.23. The van der Waals surface area contributed by atoms with Gasteiger partial charge in [0.05, 0.1) is 6.54 Å². The Balaban J connectivity index is 1.78. The van der Waals surface area contributed by atoms with Crippen LogP contribution in [0.4, 0.5) is 10.5 Å². The van der Waals surface area contributed by atoms with Crippen LogP contribution in [0.15, 0.2) is 29.2 Å². The number of rotatable bonds is 4. The number of urea groups is 1. The lowest BCUT2D eigenvalue weighted by atomic mass is 10.3. The third-order valence-corrected chi connectivity index (χ3v) is 3.91. The van der Waals surface area contributed by atoms with E-state index in [1.807, 2.05) is 30.5 Å². The van der Waals surface area contributed by atoms with Crippen molar-refractivity contribution in [2.45, 2.75) is 17.7 Å². The summed E-state index contributed by atoms with van der Waals surface area (Å²) in [5.74, 6) is -0.0180. The second-order valence-corrected chi connectivity index (χ2v) is 5.51. The summed E-state index contributed by atoms with van der Waals surface area (Å²) in [5.41, 5.74) is 0.725. The normalized spacial score (nSPS) is 14.2. The lowest BCUT2D eigenvalue weighted by Crippen LogP contribution is -2.40. The fourth-order valence-corrected chi connectivity index (χ4v) is 2.57. The Hall–Kier alpha value is -1.69. The van der Waals surface area contributed by atoms with Crippen molar-refractivity contribution in [3.8, 4) is 0 Å². The molecule has 1 aromatic rings. The fraction of sp³-hybridized carbons (Fsp3) is 0.429. The number of carbonyl (C=O) groups is 2. The predicted octanol–water partition coefficient (Wildman–Crippen LogP) is 2.15. The first-order chi connectivity index (χ1) is 9.69. The molecule has 0 aromatic heterocycles. The van der Waals surface area contributed by atoms with Gasteiger partial charge in [0.1, 0.15) is 0 Å². The molecule has 1 heterocycles. The molecule has 1 fully saturated rings. The first-order valence-electron chi connectivity index (χ1n) is 6.66. The zero-order chi connectivity index (χ0) is 14.4. The van der Waals surface area contributed by atoms with E-state index in [2.05, 4.69) is 10.6 Å². The van der Waals surface area contributed by atoms with E-state index in [0.29, 0.717) is 0 Å². The highest BCUT2D eigenvalue weighted by molar-refractivity contribution is 7.98. The molecular weight excluding hydrogens is 274 g/mol. The van der Waals surface area contributed by atoms with Crippen LogP contribution in [0, 0.1) is 0 Å². The van der Waals surface area contributed by atoms with Crippen molar-refractivity contribution in [1.29, 1.82) is 0 Å². The largest absolute Gasteiger partial charge is 0.341 e. The molecule has 0 saturated carbocycles. The molecular formula is C14H19N3O2S.